The van der Waals surface area contributed by atoms with Crippen LogP contribution in [0.4, 0.5) is 10.1 Å². The van der Waals surface area contributed by atoms with Crippen LogP contribution >= 0.6 is 15.9 Å². The lowest BCUT2D eigenvalue weighted by Gasteiger charge is -2.28. The Morgan fingerprint density at radius 3 is 2.86 bits per heavy atom. The quantitative estimate of drug-likeness (QED) is 0.856. The maximum Gasteiger partial charge on any atom is 0.272 e. The van der Waals surface area contributed by atoms with Gasteiger partial charge in [0.05, 0.1) is 4.47 Å². The number of carbonyl (C=O) groups excluding carboxylic acids is 1. The first-order chi connectivity index (χ1) is 10.1. The van der Waals surface area contributed by atoms with E-state index in [1.165, 1.54) is 12.5 Å². The minimum atomic E-state index is -0.330. The van der Waals surface area contributed by atoms with Crippen molar-refractivity contribution >= 4 is 27.5 Å². The molecule has 2 aromatic rings. The molecule has 1 aromatic heterocycles. The van der Waals surface area contributed by atoms with E-state index in [9.17, 15) is 9.18 Å². The number of rotatable bonds is 3. The van der Waals surface area contributed by atoms with E-state index in [1.807, 2.05) is 22.9 Å². The number of hydrogen-bond donors (Lipinski definition) is 1. The second-order valence-corrected chi connectivity index (χ2v) is 6.28. The van der Waals surface area contributed by atoms with Crippen LogP contribution < -0.4 is 5.32 Å². The molecule has 0 aliphatic heterocycles. The topological polar surface area (TPSA) is 34.0 Å². The Morgan fingerprint density at radius 1 is 1.43 bits per heavy atom. The van der Waals surface area contributed by atoms with Gasteiger partial charge in [-0.05, 0) is 71.9 Å². The van der Waals surface area contributed by atoms with Gasteiger partial charge in [-0.25, -0.2) is 4.39 Å². The lowest BCUT2D eigenvalue weighted by molar-refractivity contribution is 0.101. The van der Waals surface area contributed by atoms with Gasteiger partial charge in [-0.1, -0.05) is 0 Å². The van der Waals surface area contributed by atoms with Gasteiger partial charge in [0.25, 0.3) is 5.91 Å². The predicted octanol–water partition coefficient (Wildman–Crippen LogP) is 4.68. The Bertz CT molecular complexity index is 692. The molecule has 0 bridgehead atoms. The second-order valence-electron chi connectivity index (χ2n) is 5.42. The number of amides is 1. The Hall–Kier alpha value is -1.62. The summed E-state index contributed by atoms with van der Waals surface area (Å²) in [6, 6.07) is 7.15. The molecule has 0 spiro atoms. The highest BCUT2D eigenvalue weighted by Gasteiger charge is 2.23. The van der Waals surface area contributed by atoms with Crippen molar-refractivity contribution in [2.45, 2.75) is 32.2 Å². The number of benzene rings is 1. The molecule has 3 rings (SSSR count). The number of carbonyl (C=O) groups is 1. The Morgan fingerprint density at radius 2 is 2.19 bits per heavy atom. The van der Waals surface area contributed by atoms with Gasteiger partial charge in [0.1, 0.15) is 11.5 Å². The first kappa shape index (κ1) is 14.3. The summed E-state index contributed by atoms with van der Waals surface area (Å²) in [6.45, 7) is 1.77. The van der Waals surface area contributed by atoms with Crippen molar-refractivity contribution in [1.82, 2.24) is 4.57 Å². The second kappa shape index (κ2) is 5.64. The third-order valence-electron chi connectivity index (χ3n) is 4.00. The molecular formula is C16H16BrFN2O. The van der Waals surface area contributed by atoms with Crippen molar-refractivity contribution < 1.29 is 9.18 Å². The summed E-state index contributed by atoms with van der Waals surface area (Å²) in [6.07, 6.45) is 5.41. The molecular weight excluding hydrogens is 335 g/mol. The fourth-order valence-corrected chi connectivity index (χ4v) is 2.88. The molecule has 1 fully saturated rings. The van der Waals surface area contributed by atoms with Gasteiger partial charge in [0.15, 0.2) is 0 Å². The highest BCUT2D eigenvalue weighted by atomic mass is 79.9. The van der Waals surface area contributed by atoms with E-state index < -0.39 is 0 Å². The average molecular weight is 351 g/mol. The van der Waals surface area contributed by atoms with Crippen molar-refractivity contribution in [1.29, 1.82) is 0 Å². The van der Waals surface area contributed by atoms with Gasteiger partial charge in [-0.15, -0.1) is 0 Å². The van der Waals surface area contributed by atoms with E-state index in [0.29, 0.717) is 27.5 Å². The number of aryl methyl sites for hydroxylation is 1. The molecule has 3 nitrogen and oxygen atoms in total. The highest BCUT2D eigenvalue weighted by molar-refractivity contribution is 9.10. The Balaban J connectivity index is 1.84. The largest absolute Gasteiger partial charge is 0.340 e. The molecule has 1 aromatic carbocycles. The molecule has 0 radical (unpaired) electrons. The number of nitrogens with zero attached hydrogens (tertiary/aromatic N) is 1. The van der Waals surface area contributed by atoms with Gasteiger partial charge < -0.3 is 9.88 Å². The average Bonchev–Trinajstić information content (AvgIpc) is 2.83. The van der Waals surface area contributed by atoms with Crippen LogP contribution in [-0.4, -0.2) is 10.5 Å². The molecule has 1 aliphatic carbocycles. The zero-order chi connectivity index (χ0) is 15.0. The van der Waals surface area contributed by atoms with Crippen molar-refractivity contribution in [3.05, 3.63) is 52.0 Å². The fourth-order valence-electron chi connectivity index (χ4n) is 2.54. The summed E-state index contributed by atoms with van der Waals surface area (Å²) in [7, 11) is 0. The van der Waals surface area contributed by atoms with E-state index >= 15 is 0 Å². The van der Waals surface area contributed by atoms with Crippen molar-refractivity contribution in [2.24, 2.45) is 0 Å². The lowest BCUT2D eigenvalue weighted by atomic mass is 9.93. The number of aromatic nitrogens is 1. The van der Waals surface area contributed by atoms with Gasteiger partial charge in [-0.2, -0.15) is 0 Å². The molecule has 1 heterocycles. The van der Waals surface area contributed by atoms with E-state index in [2.05, 4.69) is 21.2 Å². The summed E-state index contributed by atoms with van der Waals surface area (Å²) in [5.41, 5.74) is 1.97. The zero-order valence-electron chi connectivity index (χ0n) is 11.7. The first-order valence-corrected chi connectivity index (χ1v) is 7.79. The van der Waals surface area contributed by atoms with Crippen molar-refractivity contribution in [3.8, 4) is 0 Å². The van der Waals surface area contributed by atoms with Crippen LogP contribution in [0, 0.1) is 12.7 Å². The summed E-state index contributed by atoms with van der Waals surface area (Å²) in [5.74, 6) is -0.489. The molecule has 21 heavy (non-hydrogen) atoms. The SMILES string of the molecule is Cc1cc(F)c(Br)cc1NC(=O)c1cccn1C1CCC1. The van der Waals surface area contributed by atoms with Crippen LogP contribution in [0.25, 0.3) is 0 Å². The zero-order valence-corrected chi connectivity index (χ0v) is 13.3. The van der Waals surface area contributed by atoms with Crippen LogP contribution in [-0.2, 0) is 0 Å². The fraction of sp³-hybridized carbons (Fsp3) is 0.312. The van der Waals surface area contributed by atoms with Gasteiger partial charge in [0.2, 0.25) is 0 Å². The molecule has 5 heteroatoms. The smallest absolute Gasteiger partial charge is 0.272 e. The van der Waals surface area contributed by atoms with Crippen LogP contribution in [0.3, 0.4) is 0 Å². The van der Waals surface area contributed by atoms with E-state index in [-0.39, 0.29) is 11.7 Å². The first-order valence-electron chi connectivity index (χ1n) is 7.00. The van der Waals surface area contributed by atoms with Crippen molar-refractivity contribution in [2.75, 3.05) is 5.32 Å². The molecule has 0 unspecified atom stereocenters. The summed E-state index contributed by atoms with van der Waals surface area (Å²) in [4.78, 5) is 12.4. The molecule has 0 atom stereocenters. The third-order valence-corrected chi connectivity index (χ3v) is 4.60. The predicted molar refractivity (Wildman–Crippen MR) is 84.1 cm³/mol. The lowest BCUT2D eigenvalue weighted by Crippen LogP contribution is -2.23. The standard InChI is InChI=1S/C16H16BrFN2O/c1-10-8-13(18)12(17)9-14(10)19-16(21)15-6-3-7-20(15)11-4-2-5-11/h3,6-9,11H,2,4-5H2,1H3,(H,19,21). The molecule has 0 saturated heterocycles. The van der Waals surface area contributed by atoms with E-state index in [4.69, 9.17) is 0 Å². The third kappa shape index (κ3) is 2.75. The normalized spacial score (nSPS) is 14.8. The van der Waals surface area contributed by atoms with Crippen molar-refractivity contribution in [3.63, 3.8) is 0 Å². The van der Waals surface area contributed by atoms with Crippen LogP contribution in [0.2, 0.25) is 0 Å². The van der Waals surface area contributed by atoms with Crippen LogP contribution in [0.15, 0.2) is 34.9 Å². The number of anilines is 1. The molecule has 110 valence electrons. The molecule has 1 saturated carbocycles. The molecule has 1 amide bonds. The molecule has 1 aliphatic rings. The number of nitrogens with one attached hydrogen (secondary N) is 1. The van der Waals surface area contributed by atoms with Crippen LogP contribution in [0.5, 0.6) is 0 Å². The minimum Gasteiger partial charge on any atom is -0.340 e. The van der Waals surface area contributed by atoms with Gasteiger partial charge in [-0.3, -0.25) is 4.79 Å². The van der Waals surface area contributed by atoms with Gasteiger partial charge in [0, 0.05) is 17.9 Å². The maximum atomic E-state index is 13.4. The summed E-state index contributed by atoms with van der Waals surface area (Å²) in [5, 5.41) is 2.87. The summed E-state index contributed by atoms with van der Waals surface area (Å²) < 4.78 is 15.8. The Labute approximate surface area is 131 Å². The highest BCUT2D eigenvalue weighted by Crippen LogP contribution is 2.33. The number of hydrogen-bond acceptors (Lipinski definition) is 1. The van der Waals surface area contributed by atoms with Crippen LogP contribution in [0.1, 0.15) is 41.4 Å². The van der Waals surface area contributed by atoms with Gasteiger partial charge >= 0.3 is 0 Å². The minimum absolute atomic E-state index is 0.159. The summed E-state index contributed by atoms with van der Waals surface area (Å²) >= 11 is 3.15. The maximum absolute atomic E-state index is 13.4. The number of halogens is 2. The Kier molecular flexibility index (Phi) is 3.85. The van der Waals surface area contributed by atoms with E-state index in [0.717, 1.165) is 12.8 Å². The monoisotopic (exact) mass is 350 g/mol. The van der Waals surface area contributed by atoms with E-state index in [1.54, 1.807) is 13.0 Å². The molecule has 1 N–H and O–H groups in total.